The zero-order valence-electron chi connectivity index (χ0n) is 11.2. The Kier molecular flexibility index (Phi) is 2.99. The van der Waals surface area contributed by atoms with Crippen LogP contribution in [0.15, 0.2) is 36.5 Å². The molecule has 0 saturated carbocycles. The van der Waals surface area contributed by atoms with E-state index in [0.717, 1.165) is 35.1 Å². The van der Waals surface area contributed by atoms with E-state index in [1.165, 1.54) is 5.69 Å². The number of rotatable bonds is 3. The van der Waals surface area contributed by atoms with Crippen molar-refractivity contribution in [3.63, 3.8) is 0 Å². The molecule has 3 rings (SSSR count). The van der Waals surface area contributed by atoms with Crippen LogP contribution < -0.4 is 0 Å². The van der Waals surface area contributed by atoms with Crippen LogP contribution in [0.1, 0.15) is 25.2 Å². The lowest BCUT2D eigenvalue weighted by Crippen LogP contribution is -2.06. The fourth-order valence-corrected chi connectivity index (χ4v) is 2.25. The Hall–Kier alpha value is -2.23. The molecule has 0 saturated heterocycles. The third-order valence-corrected chi connectivity index (χ3v) is 3.31. The van der Waals surface area contributed by atoms with Gasteiger partial charge in [0, 0.05) is 16.5 Å². The van der Waals surface area contributed by atoms with Crippen LogP contribution in [0.3, 0.4) is 0 Å². The fraction of sp³-hybridized carbons (Fsp3) is 0.267. The zero-order chi connectivity index (χ0) is 13.2. The molecular formula is C15H16N4. The van der Waals surface area contributed by atoms with Gasteiger partial charge in [-0.2, -0.15) is 10.2 Å². The van der Waals surface area contributed by atoms with Crippen molar-refractivity contribution in [1.29, 1.82) is 0 Å². The van der Waals surface area contributed by atoms with E-state index in [0.29, 0.717) is 0 Å². The maximum absolute atomic E-state index is 4.63. The number of aromatic nitrogens is 4. The first kappa shape index (κ1) is 11.8. The lowest BCUT2D eigenvalue weighted by Gasteiger charge is -2.07. The average Bonchev–Trinajstić information content (AvgIpc) is 2.90. The highest BCUT2D eigenvalue weighted by Crippen LogP contribution is 2.20. The second-order valence-electron chi connectivity index (χ2n) is 4.50. The van der Waals surface area contributed by atoms with Crippen molar-refractivity contribution in [1.82, 2.24) is 20.0 Å². The molecule has 0 bridgehead atoms. The van der Waals surface area contributed by atoms with Crippen molar-refractivity contribution in [3.8, 4) is 5.82 Å². The molecule has 4 heteroatoms. The van der Waals surface area contributed by atoms with Crippen LogP contribution in [0, 0.1) is 0 Å². The Morgan fingerprint density at radius 3 is 2.74 bits per heavy atom. The lowest BCUT2D eigenvalue weighted by molar-refractivity contribution is 0.762. The summed E-state index contributed by atoms with van der Waals surface area (Å²) in [6.45, 7) is 4.24. The van der Waals surface area contributed by atoms with Gasteiger partial charge < -0.3 is 0 Å². The van der Waals surface area contributed by atoms with E-state index in [9.17, 15) is 0 Å². The molecule has 0 atom stereocenters. The van der Waals surface area contributed by atoms with Crippen molar-refractivity contribution in [2.24, 2.45) is 0 Å². The Labute approximate surface area is 112 Å². The Bertz CT molecular complexity index is 710. The van der Waals surface area contributed by atoms with E-state index in [-0.39, 0.29) is 0 Å². The summed E-state index contributed by atoms with van der Waals surface area (Å²) >= 11 is 0. The molecule has 0 fully saturated rings. The maximum atomic E-state index is 4.63. The van der Waals surface area contributed by atoms with Crippen LogP contribution in [0.5, 0.6) is 0 Å². The topological polar surface area (TPSA) is 43.6 Å². The number of nitrogens with zero attached hydrogens (tertiary/aromatic N) is 4. The molecule has 0 spiro atoms. The minimum Gasteiger partial charge on any atom is -0.217 e. The summed E-state index contributed by atoms with van der Waals surface area (Å²) in [5.74, 6) is 0.814. The van der Waals surface area contributed by atoms with Gasteiger partial charge in [0.05, 0.1) is 11.9 Å². The normalized spacial score (nSPS) is 11.1. The van der Waals surface area contributed by atoms with E-state index in [1.807, 2.05) is 22.9 Å². The largest absolute Gasteiger partial charge is 0.217 e. The number of hydrogen-bond donors (Lipinski definition) is 0. The smallest absolute Gasteiger partial charge is 0.183 e. The van der Waals surface area contributed by atoms with Gasteiger partial charge in [-0.3, -0.25) is 0 Å². The second kappa shape index (κ2) is 4.80. The summed E-state index contributed by atoms with van der Waals surface area (Å²) in [6.07, 6.45) is 3.64. The van der Waals surface area contributed by atoms with E-state index >= 15 is 0 Å². The van der Waals surface area contributed by atoms with Crippen LogP contribution in [0.4, 0.5) is 0 Å². The van der Waals surface area contributed by atoms with Gasteiger partial charge in [0.1, 0.15) is 0 Å². The van der Waals surface area contributed by atoms with E-state index in [4.69, 9.17) is 0 Å². The van der Waals surface area contributed by atoms with Gasteiger partial charge in [-0.15, -0.1) is 5.10 Å². The summed E-state index contributed by atoms with van der Waals surface area (Å²) in [5, 5.41) is 15.2. The predicted molar refractivity (Wildman–Crippen MR) is 75.4 cm³/mol. The highest BCUT2D eigenvalue weighted by Gasteiger charge is 2.11. The van der Waals surface area contributed by atoms with Gasteiger partial charge in [0.25, 0.3) is 0 Å². The molecule has 0 aliphatic heterocycles. The Balaban J connectivity index is 2.27. The summed E-state index contributed by atoms with van der Waals surface area (Å²) in [4.78, 5) is 0. The molecule has 0 aliphatic rings. The van der Waals surface area contributed by atoms with Crippen LogP contribution in [0.25, 0.3) is 16.6 Å². The van der Waals surface area contributed by atoms with Crippen molar-refractivity contribution in [2.75, 3.05) is 0 Å². The molecule has 0 aliphatic carbocycles. The number of benzene rings is 1. The van der Waals surface area contributed by atoms with Crippen LogP contribution in [0.2, 0.25) is 0 Å². The van der Waals surface area contributed by atoms with Gasteiger partial charge in [0.15, 0.2) is 5.82 Å². The first-order chi connectivity index (χ1) is 9.33. The molecule has 96 valence electrons. The first-order valence-electron chi connectivity index (χ1n) is 6.62. The number of hydrogen-bond acceptors (Lipinski definition) is 3. The van der Waals surface area contributed by atoms with Gasteiger partial charge in [-0.1, -0.05) is 38.1 Å². The summed E-state index contributed by atoms with van der Waals surface area (Å²) in [7, 11) is 0. The SMILES string of the molecule is CCc1cc(CC)n(-c2nncc3ccccc23)n1. The molecule has 2 aromatic heterocycles. The highest BCUT2D eigenvalue weighted by molar-refractivity contribution is 5.87. The molecule has 0 radical (unpaired) electrons. The molecule has 1 aromatic carbocycles. The summed E-state index contributed by atoms with van der Waals surface area (Å²) in [5.41, 5.74) is 2.26. The minimum atomic E-state index is 0.814. The summed E-state index contributed by atoms with van der Waals surface area (Å²) < 4.78 is 1.92. The quantitative estimate of drug-likeness (QED) is 0.719. The van der Waals surface area contributed by atoms with Crippen molar-refractivity contribution in [3.05, 3.63) is 47.9 Å². The van der Waals surface area contributed by atoms with Crippen LogP contribution in [-0.2, 0) is 12.8 Å². The van der Waals surface area contributed by atoms with Gasteiger partial charge in [0.2, 0.25) is 0 Å². The predicted octanol–water partition coefficient (Wildman–Crippen LogP) is 2.94. The molecule has 2 heterocycles. The molecule has 19 heavy (non-hydrogen) atoms. The highest BCUT2D eigenvalue weighted by atomic mass is 15.3. The van der Waals surface area contributed by atoms with E-state index < -0.39 is 0 Å². The molecule has 0 unspecified atom stereocenters. The zero-order valence-corrected chi connectivity index (χ0v) is 11.2. The number of aryl methyl sites for hydroxylation is 2. The fourth-order valence-electron chi connectivity index (χ4n) is 2.25. The maximum Gasteiger partial charge on any atom is 0.183 e. The standard InChI is InChI=1S/C15H16N4/c1-3-12-9-13(4-2)19(18-12)15-14-8-6-5-7-11(14)10-16-17-15/h5-10H,3-4H2,1-2H3. The van der Waals surface area contributed by atoms with Crippen molar-refractivity contribution < 1.29 is 0 Å². The lowest BCUT2D eigenvalue weighted by atomic mass is 10.2. The van der Waals surface area contributed by atoms with Crippen LogP contribution in [-0.4, -0.2) is 20.0 Å². The van der Waals surface area contributed by atoms with Crippen LogP contribution >= 0.6 is 0 Å². The molecule has 0 amide bonds. The molecule has 0 N–H and O–H groups in total. The number of fused-ring (bicyclic) bond motifs is 1. The second-order valence-corrected chi connectivity index (χ2v) is 4.50. The van der Waals surface area contributed by atoms with Crippen molar-refractivity contribution in [2.45, 2.75) is 26.7 Å². The van der Waals surface area contributed by atoms with Gasteiger partial charge in [-0.25, -0.2) is 4.68 Å². The monoisotopic (exact) mass is 252 g/mol. The minimum absolute atomic E-state index is 0.814. The Morgan fingerprint density at radius 1 is 1.11 bits per heavy atom. The molecule has 3 aromatic rings. The van der Waals surface area contributed by atoms with E-state index in [1.54, 1.807) is 6.20 Å². The Morgan fingerprint density at radius 2 is 1.95 bits per heavy atom. The molecule has 4 nitrogen and oxygen atoms in total. The van der Waals surface area contributed by atoms with Gasteiger partial charge >= 0.3 is 0 Å². The van der Waals surface area contributed by atoms with E-state index in [2.05, 4.69) is 41.3 Å². The third-order valence-electron chi connectivity index (χ3n) is 3.31. The summed E-state index contributed by atoms with van der Waals surface area (Å²) in [6, 6.07) is 10.3. The molecular weight excluding hydrogens is 236 g/mol. The average molecular weight is 252 g/mol. The first-order valence-corrected chi connectivity index (χ1v) is 6.62. The van der Waals surface area contributed by atoms with Crippen molar-refractivity contribution >= 4 is 10.8 Å². The van der Waals surface area contributed by atoms with Gasteiger partial charge in [-0.05, 0) is 18.9 Å². The third kappa shape index (κ3) is 1.99.